The second kappa shape index (κ2) is 30.0. The van der Waals surface area contributed by atoms with E-state index < -0.39 is 95.1 Å². The third-order valence-electron chi connectivity index (χ3n) is 20.9. The van der Waals surface area contributed by atoms with Crippen LogP contribution in [0.5, 0.6) is 0 Å². The average Bonchev–Trinajstić information content (AvgIpc) is 1.59. The number of hydrogen-bond acceptors (Lipinski definition) is 15. The number of amides is 6. The zero-order valence-corrected chi connectivity index (χ0v) is 56.8. The molecule has 99 heavy (non-hydrogen) atoms. The van der Waals surface area contributed by atoms with Gasteiger partial charge in [-0.3, -0.25) is 24.2 Å². The number of hydrogen-bond donors (Lipinski definition) is 6. The first-order valence-electron chi connectivity index (χ1n) is 35.1. The first-order chi connectivity index (χ1) is 48.0. The molecule has 3 aromatic heterocycles. The number of carbonyl (C=O) groups excluding carboxylic acids is 6. The molecular formula is C73H84BrN13O12. The van der Waals surface area contributed by atoms with Crippen LogP contribution in [0, 0.1) is 11.8 Å². The molecule has 6 N–H and O–H groups in total. The minimum atomic E-state index is -1.44. The molecule has 6 fully saturated rings. The van der Waals surface area contributed by atoms with E-state index in [2.05, 4.69) is 47.3 Å². The van der Waals surface area contributed by atoms with E-state index in [1.165, 1.54) is 14.6 Å². The van der Waals surface area contributed by atoms with Crippen molar-refractivity contribution in [2.45, 2.75) is 201 Å². The molecule has 7 heterocycles. The van der Waals surface area contributed by atoms with Crippen LogP contribution >= 0.6 is 15.9 Å². The van der Waals surface area contributed by atoms with E-state index >= 15 is 0 Å². The zero-order chi connectivity index (χ0) is 68.8. The molecule has 4 aliphatic heterocycles. The molecule has 3 aromatic carbocycles. The van der Waals surface area contributed by atoms with Gasteiger partial charge in [-0.15, -0.1) is 5.10 Å². The van der Waals surface area contributed by atoms with Crippen molar-refractivity contribution in [3.63, 3.8) is 0 Å². The summed E-state index contributed by atoms with van der Waals surface area (Å²) in [5, 5.41) is 52.0. The van der Waals surface area contributed by atoms with Gasteiger partial charge in [0.05, 0.1) is 17.6 Å². The maximum Gasteiger partial charge on any atom is 0.408 e. The molecule has 2 saturated heterocycles. The number of alkyl carbamates (subject to hydrolysis) is 2. The van der Waals surface area contributed by atoms with Gasteiger partial charge in [0.15, 0.2) is 4.60 Å². The SMILES string of the molecule is O=C(N[C@H]1CCCCC/C=C\[C@@H]2C[C@@]2(C(=O)O)NC(=O)[C@@H]2C[C@@H](n3nc(-c4ccccc4)c(-c4cccc5cccnc45)n3)CN2C1=O)OC1CCCC1.O=C(N[C@H]1CCCCC/C=C\[C@@H]2C[C@@]2(C(=O)O)NC(=O)[C@@H]2C[C@@H](n3nc(Br)c(-c4ccccc4)n3)CN2C1=O)OC1CCCC1. The molecule has 520 valence electrons. The number of pyridine rings is 1. The normalized spacial score (nSPS) is 28.3. The second-order valence-electron chi connectivity index (χ2n) is 27.6. The Morgan fingerprint density at radius 1 is 0.525 bits per heavy atom. The third kappa shape index (κ3) is 15.2. The number of carboxylic acid groups (broad SMARTS) is 2. The monoisotopic (exact) mass is 1410 g/mol. The number of allylic oxidation sites excluding steroid dienone is 2. The summed E-state index contributed by atoms with van der Waals surface area (Å²) in [5.41, 5.74) is 2.28. The van der Waals surface area contributed by atoms with Gasteiger partial charge >= 0.3 is 24.1 Å². The molecular weight excluding hydrogens is 1330 g/mol. The topological polar surface area (TPSA) is 324 Å². The Labute approximate surface area is 581 Å². The van der Waals surface area contributed by atoms with E-state index in [0.29, 0.717) is 53.8 Å². The highest BCUT2D eigenvalue weighted by Gasteiger charge is 2.63. The number of aromatic nitrogens is 7. The lowest BCUT2D eigenvalue weighted by atomic mass is 10.0. The van der Waals surface area contributed by atoms with Crippen molar-refractivity contribution < 1.29 is 58.0 Å². The number of fused-ring (bicyclic) bond motifs is 5. The van der Waals surface area contributed by atoms with E-state index in [4.69, 9.17) is 24.8 Å². The van der Waals surface area contributed by atoms with Gasteiger partial charge in [-0.2, -0.15) is 24.9 Å². The summed E-state index contributed by atoms with van der Waals surface area (Å²) < 4.78 is 11.8. The molecule has 4 aliphatic carbocycles. The van der Waals surface area contributed by atoms with E-state index in [1.54, 1.807) is 11.0 Å². The molecule has 0 unspecified atom stereocenters. The van der Waals surface area contributed by atoms with Crippen molar-refractivity contribution in [1.29, 1.82) is 0 Å². The first-order valence-corrected chi connectivity index (χ1v) is 35.9. The number of aliphatic carboxylic acids is 2. The molecule has 0 spiro atoms. The van der Waals surface area contributed by atoms with E-state index in [9.17, 15) is 48.6 Å². The molecule has 10 atom stereocenters. The summed E-state index contributed by atoms with van der Waals surface area (Å²) in [6, 6.07) is 24.2. The maximum absolute atomic E-state index is 14.6. The first kappa shape index (κ1) is 68.2. The Hall–Kier alpha value is -9.33. The van der Waals surface area contributed by atoms with Crippen molar-refractivity contribution in [1.82, 2.24) is 66.0 Å². The number of nitrogens with zero attached hydrogens (tertiary/aromatic N) is 9. The second-order valence-corrected chi connectivity index (χ2v) is 28.3. The zero-order valence-electron chi connectivity index (χ0n) is 55.2. The average molecular weight is 1420 g/mol. The summed E-state index contributed by atoms with van der Waals surface area (Å²) in [5.74, 6) is -4.78. The largest absolute Gasteiger partial charge is 0.479 e. The fourth-order valence-electron chi connectivity index (χ4n) is 15.2. The summed E-state index contributed by atoms with van der Waals surface area (Å²) in [7, 11) is 0. The lowest BCUT2D eigenvalue weighted by Crippen LogP contribution is -2.56. The number of carbonyl (C=O) groups is 8. The van der Waals surface area contributed by atoms with Crippen molar-refractivity contribution in [3.8, 4) is 33.8 Å². The van der Waals surface area contributed by atoms with Gasteiger partial charge in [0.25, 0.3) is 0 Å². The molecule has 4 saturated carbocycles. The van der Waals surface area contributed by atoms with E-state index in [1.807, 2.05) is 115 Å². The Balaban J connectivity index is 0.000000181. The predicted octanol–water partition coefficient (Wildman–Crippen LogP) is 10.2. The Morgan fingerprint density at radius 3 is 1.48 bits per heavy atom. The van der Waals surface area contributed by atoms with Crippen molar-refractivity contribution in [2.75, 3.05) is 13.1 Å². The predicted molar refractivity (Wildman–Crippen MR) is 367 cm³/mol. The molecule has 0 bridgehead atoms. The van der Waals surface area contributed by atoms with Crippen LogP contribution in [0.1, 0.15) is 153 Å². The number of nitrogens with one attached hydrogen (secondary N) is 4. The molecule has 6 aromatic rings. The molecule has 6 amide bonds. The van der Waals surface area contributed by atoms with Crippen LogP contribution in [0.25, 0.3) is 44.7 Å². The lowest BCUT2D eigenvalue weighted by molar-refractivity contribution is -0.146. The number of rotatable bonds is 11. The van der Waals surface area contributed by atoms with Gasteiger partial charge in [0.2, 0.25) is 23.6 Å². The van der Waals surface area contributed by atoms with Crippen molar-refractivity contribution >= 4 is 74.6 Å². The van der Waals surface area contributed by atoms with Crippen LogP contribution < -0.4 is 21.3 Å². The summed E-state index contributed by atoms with van der Waals surface area (Å²) >= 11 is 3.51. The van der Waals surface area contributed by atoms with E-state index in [-0.39, 0.29) is 56.4 Å². The Bertz CT molecular complexity index is 4040. The van der Waals surface area contributed by atoms with Gasteiger partial charge in [-0.1, -0.05) is 135 Å². The summed E-state index contributed by atoms with van der Waals surface area (Å²) in [6.45, 7) is 0.192. The number of benzene rings is 3. The number of ether oxygens (including phenoxy) is 2. The van der Waals surface area contributed by atoms with Gasteiger partial charge in [-0.25, -0.2) is 19.2 Å². The summed E-state index contributed by atoms with van der Waals surface area (Å²) in [4.78, 5) is 119. The minimum Gasteiger partial charge on any atom is -0.479 e. The van der Waals surface area contributed by atoms with Crippen LogP contribution in [0.4, 0.5) is 9.59 Å². The standard InChI is InChI=1S/C41H45N7O6.C32H39BrN6O6/c49-37-33-23-29(48-45-35(27-13-5-4-6-14-27)36(46-48)31-20-11-15-26-16-12-22-42-34(26)31)25-47(33)38(50)32(43-40(53)54-30-18-9-10-19-30)21-8-3-1-2-7-17-28-24-41(28,44-37)39(51)52;33-27-26(20-11-5-4-6-12-20)36-39(37-27)22-17-25-28(40)35-32(30(42)43)18-21(32)13-7-2-1-3-8-16-24(29(41)38(25)19-22)34-31(44)45-23-14-9-10-15-23/h4-7,11-17,20,22,28-30,32-33H,1-3,8-10,18-19,21,23-25H2,(H,43,53)(H,44,49)(H,51,52);4-7,11-13,21-25H,1-3,8-10,14-19H2,(H,34,44)(H,35,40)(H,42,43)/b17-7-;13-7-/t28-,29-,32+,33+,41-;21-,22-,24+,25+,32-/m11/s1. The lowest BCUT2D eigenvalue weighted by Gasteiger charge is -2.29. The molecule has 8 aliphatic rings. The fourth-order valence-corrected chi connectivity index (χ4v) is 15.6. The highest BCUT2D eigenvalue weighted by molar-refractivity contribution is 9.10. The fraction of sp³-hybridized carbons (Fsp3) is 0.493. The maximum atomic E-state index is 14.6. The van der Waals surface area contributed by atoms with Crippen LogP contribution in [-0.2, 0) is 38.2 Å². The smallest absolute Gasteiger partial charge is 0.408 e. The Kier molecular flexibility index (Phi) is 20.7. The minimum absolute atomic E-state index is 0.0757. The number of para-hydroxylation sites is 1. The van der Waals surface area contributed by atoms with Gasteiger partial charge < -0.3 is 50.8 Å². The van der Waals surface area contributed by atoms with Gasteiger partial charge in [0, 0.05) is 66.0 Å². The summed E-state index contributed by atoms with van der Waals surface area (Å²) in [6.07, 6.45) is 22.9. The molecule has 26 heteroatoms. The van der Waals surface area contributed by atoms with Crippen molar-refractivity contribution in [3.05, 3.63) is 126 Å². The highest BCUT2D eigenvalue weighted by Crippen LogP contribution is 2.47. The van der Waals surface area contributed by atoms with Crippen molar-refractivity contribution in [2.24, 2.45) is 11.8 Å². The number of halogens is 1. The van der Waals surface area contributed by atoms with Crippen LogP contribution in [0.15, 0.2) is 126 Å². The third-order valence-corrected chi connectivity index (χ3v) is 21.4. The molecule has 0 radical (unpaired) electrons. The van der Waals surface area contributed by atoms with Crippen LogP contribution in [0.3, 0.4) is 0 Å². The van der Waals surface area contributed by atoms with Crippen LogP contribution in [0.2, 0.25) is 0 Å². The van der Waals surface area contributed by atoms with Crippen LogP contribution in [-0.4, -0.2) is 163 Å². The molecule has 14 rings (SSSR count). The van der Waals surface area contributed by atoms with E-state index in [0.717, 1.165) is 117 Å². The van der Waals surface area contributed by atoms with Gasteiger partial charge in [0.1, 0.15) is 64.5 Å². The number of carboxylic acids is 2. The van der Waals surface area contributed by atoms with Gasteiger partial charge in [-0.05, 0) is 125 Å². The Morgan fingerprint density at radius 2 is 0.980 bits per heavy atom. The molecule has 25 nitrogen and oxygen atoms in total. The quantitative estimate of drug-likeness (QED) is 0.0657. The highest BCUT2D eigenvalue weighted by atomic mass is 79.9.